The zero-order chi connectivity index (χ0) is 19.8. The summed E-state index contributed by atoms with van der Waals surface area (Å²) in [6, 6.07) is 18.1. The van der Waals surface area contributed by atoms with E-state index in [9.17, 15) is 9.59 Å². The molecule has 5 atom stereocenters. The van der Waals surface area contributed by atoms with Crippen LogP contribution in [0.5, 0.6) is 0 Å². The molecule has 1 saturated carbocycles. The Morgan fingerprint density at radius 2 is 1.83 bits per heavy atom. The van der Waals surface area contributed by atoms with Gasteiger partial charge in [0.2, 0.25) is 11.8 Å². The predicted octanol–water partition coefficient (Wildman–Crippen LogP) is 2.55. The Morgan fingerprint density at radius 3 is 2.66 bits per heavy atom. The molecule has 2 amide bonds. The lowest BCUT2D eigenvalue weighted by Crippen LogP contribution is -2.53. The van der Waals surface area contributed by atoms with Crippen molar-refractivity contribution in [1.29, 1.82) is 0 Å². The van der Waals surface area contributed by atoms with E-state index >= 15 is 0 Å². The topological polar surface area (TPSA) is 49.9 Å². The van der Waals surface area contributed by atoms with Gasteiger partial charge in [0.25, 0.3) is 0 Å². The summed E-state index contributed by atoms with van der Waals surface area (Å²) in [6.07, 6.45) is 2.30. The molecular weight excluding hydrogens is 364 g/mol. The Balaban J connectivity index is 1.46. The minimum atomic E-state index is -0.741. The molecule has 5 aliphatic rings. The second kappa shape index (κ2) is 5.92. The van der Waals surface area contributed by atoms with Crippen LogP contribution in [0.15, 0.2) is 54.6 Å². The molecular formula is C24H23N2O3. The van der Waals surface area contributed by atoms with Crippen LogP contribution in [-0.4, -0.2) is 42.5 Å². The lowest BCUT2D eigenvalue weighted by molar-refractivity contribution is -0.139. The minimum absolute atomic E-state index is 0.0000350. The molecule has 29 heavy (non-hydrogen) atoms. The van der Waals surface area contributed by atoms with Gasteiger partial charge < -0.3 is 14.5 Å². The van der Waals surface area contributed by atoms with E-state index in [1.54, 1.807) is 4.90 Å². The summed E-state index contributed by atoms with van der Waals surface area (Å²) >= 11 is 0. The van der Waals surface area contributed by atoms with Crippen LogP contribution in [-0.2, 0) is 26.3 Å². The average Bonchev–Trinajstić information content (AvgIpc) is 2.99. The maximum Gasteiger partial charge on any atom is 0.240 e. The first kappa shape index (κ1) is 17.2. The predicted molar refractivity (Wildman–Crippen MR) is 108 cm³/mol. The summed E-state index contributed by atoms with van der Waals surface area (Å²) in [4.78, 5) is 30.7. The number of hydrogen-bond donors (Lipinski definition) is 0. The quantitative estimate of drug-likeness (QED) is 0.796. The van der Waals surface area contributed by atoms with Crippen LogP contribution in [0, 0.1) is 18.3 Å². The third kappa shape index (κ3) is 2.14. The number of hydrogen-bond acceptors (Lipinski definition) is 3. The van der Waals surface area contributed by atoms with Gasteiger partial charge in [-0.25, -0.2) is 0 Å². The van der Waals surface area contributed by atoms with Crippen LogP contribution >= 0.6 is 0 Å². The number of likely N-dealkylation sites (N-methyl/N-ethyl adjacent to an activating group) is 1. The number of ether oxygens (including phenoxy) is 1. The summed E-state index contributed by atoms with van der Waals surface area (Å²) in [6.45, 7) is 1.12. The number of likely N-dealkylation sites (tertiary alicyclic amines) is 1. The van der Waals surface area contributed by atoms with E-state index in [2.05, 4.69) is 18.2 Å². The highest BCUT2D eigenvalue weighted by atomic mass is 16.5. The van der Waals surface area contributed by atoms with Gasteiger partial charge in [-0.1, -0.05) is 48.5 Å². The molecule has 2 aromatic carbocycles. The van der Waals surface area contributed by atoms with E-state index in [0.717, 1.165) is 16.8 Å². The van der Waals surface area contributed by atoms with Crippen molar-refractivity contribution >= 4 is 17.5 Å². The molecule has 4 bridgehead atoms. The van der Waals surface area contributed by atoms with Gasteiger partial charge in [-0.15, -0.1) is 0 Å². The first-order chi connectivity index (χ1) is 14.1. The van der Waals surface area contributed by atoms with E-state index in [4.69, 9.17) is 4.74 Å². The maximum absolute atomic E-state index is 13.6. The van der Waals surface area contributed by atoms with Crippen molar-refractivity contribution in [2.24, 2.45) is 11.8 Å². The molecule has 1 radical (unpaired) electrons. The van der Waals surface area contributed by atoms with Crippen molar-refractivity contribution in [2.45, 2.75) is 30.5 Å². The Hall–Kier alpha value is -2.66. The normalized spacial score (nSPS) is 34.8. The molecule has 4 aliphatic heterocycles. The molecule has 4 heterocycles. The highest BCUT2D eigenvalue weighted by molar-refractivity contribution is 6.09. The summed E-state index contributed by atoms with van der Waals surface area (Å²) < 4.78 is 6.26. The zero-order valence-corrected chi connectivity index (χ0v) is 16.3. The standard InChI is InChI=1S/C24H23N2O3/c1-25-19-10-6-5-9-18(19)24(23(25)28)12-20-17-14-29-21(24)11-16(17)22(27)26(20)13-15-7-3-2-4-8-15/h2-11,16-17,20-21H,12-14H2,1H3/t16-,17+,20+,21-,24+/m1/s1. The van der Waals surface area contributed by atoms with E-state index in [1.165, 1.54) is 0 Å². The van der Waals surface area contributed by atoms with Crippen LogP contribution in [0.25, 0.3) is 0 Å². The Bertz CT molecular complexity index is 1010. The summed E-state index contributed by atoms with van der Waals surface area (Å²) in [5, 5.41) is 0. The number of carbonyl (C=O) groups is 2. The number of anilines is 1. The van der Waals surface area contributed by atoms with Crippen molar-refractivity contribution in [3.05, 3.63) is 72.1 Å². The second-order valence-corrected chi connectivity index (χ2v) is 8.71. The van der Waals surface area contributed by atoms with Gasteiger partial charge >= 0.3 is 0 Å². The van der Waals surface area contributed by atoms with E-state index in [0.29, 0.717) is 19.6 Å². The van der Waals surface area contributed by atoms with Crippen molar-refractivity contribution in [2.75, 3.05) is 18.6 Å². The molecule has 0 unspecified atom stereocenters. The largest absolute Gasteiger partial charge is 0.376 e. The number of amides is 2. The Labute approximate surface area is 170 Å². The number of benzene rings is 2. The number of carbonyl (C=O) groups excluding carboxylic acids is 2. The molecule has 5 nitrogen and oxygen atoms in total. The summed E-state index contributed by atoms with van der Waals surface area (Å²) in [7, 11) is 1.85. The summed E-state index contributed by atoms with van der Waals surface area (Å²) in [5.41, 5.74) is 2.37. The molecule has 0 N–H and O–H groups in total. The van der Waals surface area contributed by atoms with Gasteiger partial charge in [0, 0.05) is 37.7 Å². The Morgan fingerprint density at radius 1 is 1.07 bits per heavy atom. The number of nitrogens with zero attached hydrogens (tertiary/aromatic N) is 2. The minimum Gasteiger partial charge on any atom is -0.376 e. The lowest BCUT2D eigenvalue weighted by Gasteiger charge is -2.39. The van der Waals surface area contributed by atoms with Crippen LogP contribution in [0.1, 0.15) is 17.5 Å². The third-order valence-electron chi connectivity index (χ3n) is 7.42. The van der Waals surface area contributed by atoms with Gasteiger partial charge in [-0.3, -0.25) is 9.59 Å². The monoisotopic (exact) mass is 387 g/mol. The summed E-state index contributed by atoms with van der Waals surface area (Å²) in [5.74, 6) is 0.222. The van der Waals surface area contributed by atoms with Crippen LogP contribution in [0.2, 0.25) is 0 Å². The zero-order valence-electron chi connectivity index (χ0n) is 16.3. The van der Waals surface area contributed by atoms with E-state index in [-0.39, 0.29) is 35.8 Å². The van der Waals surface area contributed by atoms with Crippen LogP contribution in [0.4, 0.5) is 5.69 Å². The molecule has 5 heteroatoms. The number of fused-ring (bicyclic) bond motifs is 2. The Kier molecular flexibility index (Phi) is 3.52. The SMILES string of the molecule is CN1C(=O)[C@@]2(C[C@H]3[C@H]4CO[C@@H]2[CH][C@H]4C(=O)N3Cc2ccccc2)c2ccccc21. The van der Waals surface area contributed by atoms with Crippen LogP contribution in [0.3, 0.4) is 0 Å². The van der Waals surface area contributed by atoms with Crippen molar-refractivity contribution in [3.8, 4) is 0 Å². The molecule has 147 valence electrons. The smallest absolute Gasteiger partial charge is 0.240 e. The van der Waals surface area contributed by atoms with Crippen LogP contribution < -0.4 is 4.90 Å². The molecule has 0 aromatic heterocycles. The first-order valence-corrected chi connectivity index (χ1v) is 10.3. The fourth-order valence-corrected chi connectivity index (χ4v) is 6.04. The first-order valence-electron chi connectivity index (χ1n) is 10.3. The maximum atomic E-state index is 13.6. The van der Waals surface area contributed by atoms with Gasteiger partial charge in [-0.2, -0.15) is 0 Å². The number of rotatable bonds is 2. The van der Waals surface area contributed by atoms with Gasteiger partial charge in [0.05, 0.1) is 18.6 Å². The highest BCUT2D eigenvalue weighted by Crippen LogP contribution is 2.56. The highest BCUT2D eigenvalue weighted by Gasteiger charge is 2.66. The molecule has 3 saturated heterocycles. The van der Waals surface area contributed by atoms with Crippen molar-refractivity contribution in [1.82, 2.24) is 4.90 Å². The van der Waals surface area contributed by atoms with E-state index in [1.807, 2.05) is 54.8 Å². The van der Waals surface area contributed by atoms with Gasteiger partial charge in [-0.05, 0) is 23.6 Å². The van der Waals surface area contributed by atoms with Gasteiger partial charge in [0.1, 0.15) is 5.41 Å². The second-order valence-electron chi connectivity index (χ2n) is 8.71. The van der Waals surface area contributed by atoms with Crippen molar-refractivity contribution in [3.63, 3.8) is 0 Å². The van der Waals surface area contributed by atoms with E-state index < -0.39 is 5.41 Å². The van der Waals surface area contributed by atoms with Crippen molar-refractivity contribution < 1.29 is 14.3 Å². The molecule has 1 spiro atoms. The van der Waals surface area contributed by atoms with Gasteiger partial charge in [0.15, 0.2) is 0 Å². The molecule has 1 aliphatic carbocycles. The lowest BCUT2D eigenvalue weighted by atomic mass is 9.71. The molecule has 7 rings (SSSR count). The molecule has 2 aromatic rings. The fourth-order valence-electron chi connectivity index (χ4n) is 6.04. The fraction of sp³-hybridized carbons (Fsp3) is 0.375. The number of para-hydroxylation sites is 1. The molecule has 4 fully saturated rings. The average molecular weight is 387 g/mol. The third-order valence-corrected chi connectivity index (χ3v) is 7.42.